The van der Waals surface area contributed by atoms with Gasteiger partial charge in [-0.25, -0.2) is 4.89 Å². The van der Waals surface area contributed by atoms with Gasteiger partial charge in [0, 0.05) is 12.9 Å². The number of halogens is 1. The first-order valence-corrected chi connectivity index (χ1v) is 11.5. The van der Waals surface area contributed by atoms with Crippen molar-refractivity contribution in [3.05, 3.63) is 47.9 Å². The first-order chi connectivity index (χ1) is 14.7. The molecule has 1 saturated heterocycles. The average molecular weight is 472 g/mol. The molecule has 2 aromatic heterocycles. The number of para-hydroxylation sites is 1. The largest absolute Gasteiger partial charge is 0.438 e. The zero-order chi connectivity index (χ0) is 22.2. The summed E-state index contributed by atoms with van der Waals surface area (Å²) in [6.07, 6.45) is -3.18. The summed E-state index contributed by atoms with van der Waals surface area (Å²) in [4.78, 5) is 22.1. The minimum Gasteiger partial charge on any atom is -0.438 e. The van der Waals surface area contributed by atoms with Crippen LogP contribution >= 0.6 is 19.2 Å². The zero-order valence-corrected chi connectivity index (χ0v) is 17.8. The van der Waals surface area contributed by atoms with E-state index in [-0.39, 0.29) is 17.8 Å². The maximum absolute atomic E-state index is 11.1. The number of aliphatic hydroxyl groups is 2. The maximum Gasteiger partial charge on any atom is 0.352 e. The van der Waals surface area contributed by atoms with Gasteiger partial charge in [0.05, 0.1) is 5.39 Å². The van der Waals surface area contributed by atoms with Crippen molar-refractivity contribution >= 4 is 30.2 Å². The standard InChI is InChI=1S/C18H19ClN3O8P/c1-31(25,26)30-27-9-12-13(23)14(24)17(29-12)22-8-7-11-15(22)20-18(19)21-16(11)28-10-5-3-2-4-6-10/h2-8,12-14,17,23-24H,9H2,1H3,(H,25,26)/t12-,13-,14-,17-/m1/s1. The van der Waals surface area contributed by atoms with Gasteiger partial charge in [-0.15, -0.1) is 4.67 Å². The molecule has 0 spiro atoms. The van der Waals surface area contributed by atoms with Crippen molar-refractivity contribution in [2.45, 2.75) is 24.5 Å². The topological polar surface area (TPSA) is 145 Å². The van der Waals surface area contributed by atoms with Gasteiger partial charge in [-0.3, -0.25) is 4.57 Å². The lowest BCUT2D eigenvalue weighted by Crippen LogP contribution is -2.33. The van der Waals surface area contributed by atoms with Crippen molar-refractivity contribution in [1.29, 1.82) is 0 Å². The van der Waals surface area contributed by atoms with Crippen LogP contribution in [-0.4, -0.2) is 61.2 Å². The highest BCUT2D eigenvalue weighted by molar-refractivity contribution is 7.51. The minimum atomic E-state index is -3.87. The van der Waals surface area contributed by atoms with Gasteiger partial charge >= 0.3 is 7.60 Å². The Bertz CT molecular complexity index is 1110. The number of hydrogen-bond acceptors (Lipinski definition) is 9. The zero-order valence-electron chi connectivity index (χ0n) is 16.1. The summed E-state index contributed by atoms with van der Waals surface area (Å²) in [6.45, 7) is 0.561. The molecular formula is C18H19ClN3O8P. The van der Waals surface area contributed by atoms with Gasteiger partial charge in [0.2, 0.25) is 11.2 Å². The molecular weight excluding hydrogens is 453 g/mol. The van der Waals surface area contributed by atoms with Crippen molar-refractivity contribution < 1.29 is 38.7 Å². The van der Waals surface area contributed by atoms with Crippen LogP contribution in [0.2, 0.25) is 5.28 Å². The third-order valence-electron chi connectivity index (χ3n) is 4.50. The molecule has 3 N–H and O–H groups in total. The molecule has 1 fully saturated rings. The van der Waals surface area contributed by atoms with E-state index in [1.54, 1.807) is 24.4 Å². The lowest BCUT2D eigenvalue weighted by Gasteiger charge is -2.17. The average Bonchev–Trinajstić information content (AvgIpc) is 3.24. The Balaban J connectivity index is 1.59. The fourth-order valence-electron chi connectivity index (χ4n) is 3.16. The number of rotatable bonds is 7. The van der Waals surface area contributed by atoms with Crippen LogP contribution in [0.25, 0.3) is 11.0 Å². The van der Waals surface area contributed by atoms with E-state index in [0.717, 1.165) is 6.66 Å². The van der Waals surface area contributed by atoms with E-state index in [0.29, 0.717) is 16.8 Å². The summed E-state index contributed by atoms with van der Waals surface area (Å²) in [5, 5.41) is 21.2. The van der Waals surface area contributed by atoms with Crippen molar-refractivity contribution in [3.63, 3.8) is 0 Å². The molecule has 1 unspecified atom stereocenters. The van der Waals surface area contributed by atoms with Crippen molar-refractivity contribution in [2.75, 3.05) is 13.3 Å². The molecule has 1 aliphatic heterocycles. The summed E-state index contributed by atoms with van der Waals surface area (Å²) in [5.41, 5.74) is 0.313. The molecule has 3 aromatic rings. The van der Waals surface area contributed by atoms with Gasteiger partial charge < -0.3 is 29.1 Å². The van der Waals surface area contributed by atoms with E-state index in [1.807, 2.05) is 18.2 Å². The van der Waals surface area contributed by atoms with Crippen LogP contribution in [0.1, 0.15) is 6.23 Å². The number of aromatic nitrogens is 3. The summed E-state index contributed by atoms with van der Waals surface area (Å²) >= 11 is 6.08. The number of nitrogens with zero attached hydrogens (tertiary/aromatic N) is 3. The monoisotopic (exact) mass is 471 g/mol. The molecule has 31 heavy (non-hydrogen) atoms. The molecule has 5 atom stereocenters. The second-order valence-corrected chi connectivity index (χ2v) is 8.97. The Kier molecular flexibility index (Phi) is 6.29. The van der Waals surface area contributed by atoms with Crippen LogP contribution in [0, 0.1) is 0 Å². The maximum atomic E-state index is 11.1. The summed E-state index contributed by atoms with van der Waals surface area (Å²) in [7, 11) is -3.87. The molecule has 0 amide bonds. The number of ether oxygens (including phenoxy) is 2. The van der Waals surface area contributed by atoms with Crippen LogP contribution in [0.5, 0.6) is 11.6 Å². The number of benzene rings is 1. The van der Waals surface area contributed by atoms with E-state index >= 15 is 0 Å². The normalized spacial score (nSPS) is 25.6. The predicted molar refractivity (Wildman–Crippen MR) is 108 cm³/mol. The highest BCUT2D eigenvalue weighted by Gasteiger charge is 2.44. The quantitative estimate of drug-likeness (QED) is 0.203. The molecule has 0 radical (unpaired) electrons. The molecule has 0 saturated carbocycles. The number of fused-ring (bicyclic) bond motifs is 1. The summed E-state index contributed by atoms with van der Waals surface area (Å²) in [5.74, 6) is 0.760. The Morgan fingerprint density at radius 3 is 2.65 bits per heavy atom. The SMILES string of the molecule is CP(=O)(O)OOC[C@H]1O[C@@H](n2ccc3c(Oc4ccccc4)nc(Cl)nc32)[C@H](O)[C@@H]1O. The van der Waals surface area contributed by atoms with E-state index in [9.17, 15) is 14.8 Å². The molecule has 11 nitrogen and oxygen atoms in total. The van der Waals surface area contributed by atoms with Crippen molar-refractivity contribution in [3.8, 4) is 11.6 Å². The smallest absolute Gasteiger partial charge is 0.352 e. The lowest BCUT2D eigenvalue weighted by molar-refractivity contribution is -0.238. The minimum absolute atomic E-state index is 0.0821. The van der Waals surface area contributed by atoms with E-state index in [1.165, 1.54) is 4.57 Å². The summed E-state index contributed by atoms with van der Waals surface area (Å²) in [6, 6.07) is 10.6. The van der Waals surface area contributed by atoms with Gasteiger partial charge in [0.25, 0.3) is 0 Å². The third-order valence-corrected chi connectivity index (χ3v) is 5.05. The molecule has 1 aromatic carbocycles. The predicted octanol–water partition coefficient (Wildman–Crippen LogP) is 2.26. The van der Waals surface area contributed by atoms with Gasteiger partial charge in [-0.05, 0) is 29.8 Å². The molecule has 0 aliphatic carbocycles. The highest BCUT2D eigenvalue weighted by atomic mass is 35.5. The number of hydrogen-bond donors (Lipinski definition) is 3. The molecule has 0 bridgehead atoms. The van der Waals surface area contributed by atoms with Crippen molar-refractivity contribution in [2.24, 2.45) is 0 Å². The molecule has 166 valence electrons. The van der Waals surface area contributed by atoms with Crippen LogP contribution in [-0.2, 0) is 18.9 Å². The lowest BCUT2D eigenvalue weighted by atomic mass is 10.1. The Labute approximate surface area is 181 Å². The Morgan fingerprint density at radius 2 is 1.94 bits per heavy atom. The van der Waals surface area contributed by atoms with Gasteiger partial charge in [0.1, 0.15) is 30.7 Å². The second kappa shape index (κ2) is 8.81. The van der Waals surface area contributed by atoms with Gasteiger partial charge in [0.15, 0.2) is 11.9 Å². The van der Waals surface area contributed by atoms with Gasteiger partial charge in [-0.1, -0.05) is 18.2 Å². The molecule has 1 aliphatic rings. The Hall–Kier alpha value is -2.08. The van der Waals surface area contributed by atoms with Crippen LogP contribution in [0.4, 0.5) is 0 Å². The van der Waals surface area contributed by atoms with Gasteiger partial charge in [-0.2, -0.15) is 9.97 Å². The summed E-state index contributed by atoms with van der Waals surface area (Å²) < 4.78 is 28.5. The third kappa shape index (κ3) is 4.89. The Morgan fingerprint density at radius 1 is 1.19 bits per heavy atom. The molecule has 3 heterocycles. The first-order valence-electron chi connectivity index (χ1n) is 9.13. The fourth-order valence-corrected chi connectivity index (χ4v) is 3.57. The van der Waals surface area contributed by atoms with E-state index in [4.69, 9.17) is 26.0 Å². The second-order valence-electron chi connectivity index (χ2n) is 6.88. The van der Waals surface area contributed by atoms with E-state index < -0.39 is 32.1 Å². The number of aliphatic hydroxyl groups excluding tert-OH is 2. The fraction of sp³-hybridized carbons (Fsp3) is 0.333. The van der Waals surface area contributed by atoms with Crippen LogP contribution in [0.15, 0.2) is 42.6 Å². The van der Waals surface area contributed by atoms with Crippen LogP contribution < -0.4 is 4.74 Å². The van der Waals surface area contributed by atoms with E-state index in [2.05, 4.69) is 19.5 Å². The van der Waals surface area contributed by atoms with Crippen LogP contribution in [0.3, 0.4) is 0 Å². The first kappa shape index (κ1) is 22.1. The highest BCUT2D eigenvalue weighted by Crippen LogP contribution is 2.38. The molecule has 4 rings (SSSR count). The molecule has 13 heteroatoms. The van der Waals surface area contributed by atoms with Crippen molar-refractivity contribution in [1.82, 2.24) is 14.5 Å².